The summed E-state index contributed by atoms with van der Waals surface area (Å²) in [7, 11) is 7.79. The van der Waals surface area contributed by atoms with Gasteiger partial charge in [0.2, 0.25) is 5.75 Å². The van der Waals surface area contributed by atoms with E-state index >= 15 is 0 Å². The molecule has 1 aliphatic heterocycles. The maximum Gasteiger partial charge on any atom is 0.254 e. The summed E-state index contributed by atoms with van der Waals surface area (Å²) in [5, 5.41) is 0. The third-order valence-electron chi connectivity index (χ3n) is 7.29. The van der Waals surface area contributed by atoms with Gasteiger partial charge < -0.3 is 28.6 Å². The number of carbonyl (C=O) groups is 2. The Labute approximate surface area is 218 Å². The summed E-state index contributed by atoms with van der Waals surface area (Å²) < 4.78 is 27.0. The van der Waals surface area contributed by atoms with Crippen LogP contribution in [0, 0.1) is 5.92 Å². The van der Waals surface area contributed by atoms with Gasteiger partial charge in [-0.3, -0.25) is 14.5 Å². The number of hydrogen-bond acceptors (Lipinski definition) is 8. The van der Waals surface area contributed by atoms with Gasteiger partial charge in [0.25, 0.3) is 5.91 Å². The number of nitrogens with zero attached hydrogens (tertiary/aromatic N) is 2. The lowest BCUT2D eigenvalue weighted by molar-refractivity contribution is 0.0595. The van der Waals surface area contributed by atoms with Crippen LogP contribution in [0.2, 0.25) is 0 Å². The number of ether oxygens (including phenoxy) is 5. The average Bonchev–Trinajstić information content (AvgIpc) is 3.09. The van der Waals surface area contributed by atoms with Crippen molar-refractivity contribution in [3.63, 3.8) is 0 Å². The van der Waals surface area contributed by atoms with E-state index in [1.807, 2.05) is 17.0 Å². The lowest BCUT2D eigenvalue weighted by Crippen LogP contribution is -2.50. The number of benzene rings is 2. The Morgan fingerprint density at radius 1 is 0.811 bits per heavy atom. The number of piperazine rings is 1. The van der Waals surface area contributed by atoms with Gasteiger partial charge in [-0.2, -0.15) is 0 Å². The van der Waals surface area contributed by atoms with Gasteiger partial charge in [-0.1, -0.05) is 0 Å². The first-order valence-corrected chi connectivity index (χ1v) is 12.5. The number of methoxy groups -OCH3 is 5. The monoisotopic (exact) mass is 512 g/mol. The summed E-state index contributed by atoms with van der Waals surface area (Å²) in [4.78, 5) is 30.9. The van der Waals surface area contributed by atoms with Gasteiger partial charge in [0.15, 0.2) is 28.8 Å². The Hall–Kier alpha value is -3.46. The average molecular weight is 513 g/mol. The Morgan fingerprint density at radius 3 is 1.97 bits per heavy atom. The minimum Gasteiger partial charge on any atom is -0.493 e. The highest BCUT2D eigenvalue weighted by atomic mass is 16.5. The van der Waals surface area contributed by atoms with Crippen molar-refractivity contribution in [1.29, 1.82) is 0 Å². The van der Waals surface area contributed by atoms with Crippen LogP contribution in [0.15, 0.2) is 24.3 Å². The van der Waals surface area contributed by atoms with Crippen molar-refractivity contribution in [2.75, 3.05) is 68.3 Å². The molecule has 0 bridgehead atoms. The van der Waals surface area contributed by atoms with Crippen LogP contribution < -0.4 is 23.7 Å². The summed E-state index contributed by atoms with van der Waals surface area (Å²) in [6.07, 6.45) is 2.62. The zero-order valence-corrected chi connectivity index (χ0v) is 22.3. The van der Waals surface area contributed by atoms with Crippen LogP contribution >= 0.6 is 0 Å². The first kappa shape index (κ1) is 26.6. The molecule has 37 heavy (non-hydrogen) atoms. The first-order chi connectivity index (χ1) is 17.9. The van der Waals surface area contributed by atoms with Crippen molar-refractivity contribution in [2.24, 2.45) is 5.92 Å². The van der Waals surface area contributed by atoms with Crippen LogP contribution in [-0.2, 0) is 6.42 Å². The number of hydrogen-bond donors (Lipinski definition) is 0. The number of amides is 1. The topological polar surface area (TPSA) is 86.8 Å². The fraction of sp³-hybridized carbons (Fsp3) is 0.500. The lowest BCUT2D eigenvalue weighted by atomic mass is 9.94. The Bertz CT molecular complexity index is 1120. The van der Waals surface area contributed by atoms with Gasteiger partial charge in [0, 0.05) is 49.8 Å². The molecule has 9 heteroatoms. The maximum absolute atomic E-state index is 13.5. The van der Waals surface area contributed by atoms with Crippen molar-refractivity contribution < 1.29 is 33.3 Å². The third-order valence-corrected chi connectivity index (χ3v) is 7.29. The molecule has 1 unspecified atom stereocenters. The van der Waals surface area contributed by atoms with E-state index in [9.17, 15) is 9.59 Å². The lowest BCUT2D eigenvalue weighted by Gasteiger charge is -2.36. The quantitative estimate of drug-likeness (QED) is 0.498. The standard InChI is InChI=1S/C28H36N2O7/c1-33-22-13-18-7-6-8-19(26(31)21(18)16-23(22)34-2)17-29-9-11-30(12-10-29)28(32)20-14-24(35-3)27(37-5)25(15-20)36-4/h13-16,19H,6-12,17H2,1-5H3. The Balaban J connectivity index is 1.41. The van der Waals surface area contributed by atoms with Crippen LogP contribution in [0.3, 0.4) is 0 Å². The molecule has 0 N–H and O–H groups in total. The van der Waals surface area contributed by atoms with Crippen molar-refractivity contribution >= 4 is 11.7 Å². The molecule has 1 amide bonds. The van der Waals surface area contributed by atoms with E-state index in [1.54, 1.807) is 26.4 Å². The van der Waals surface area contributed by atoms with Crippen LogP contribution in [-0.4, -0.2) is 89.8 Å². The van der Waals surface area contributed by atoms with Crippen molar-refractivity contribution in [2.45, 2.75) is 19.3 Å². The van der Waals surface area contributed by atoms with Gasteiger partial charge in [-0.25, -0.2) is 0 Å². The van der Waals surface area contributed by atoms with E-state index in [1.165, 1.54) is 21.3 Å². The fourth-order valence-electron chi connectivity index (χ4n) is 5.25. The molecule has 1 aliphatic carbocycles. The van der Waals surface area contributed by atoms with Gasteiger partial charge in [0.05, 0.1) is 35.5 Å². The second-order valence-corrected chi connectivity index (χ2v) is 9.32. The third kappa shape index (κ3) is 5.46. The number of Topliss-reactive ketones (excluding diaryl/α,β-unsaturated/α-hetero) is 1. The molecule has 1 atom stereocenters. The molecule has 0 spiro atoms. The van der Waals surface area contributed by atoms with Crippen molar-refractivity contribution in [1.82, 2.24) is 9.80 Å². The minimum atomic E-state index is -0.0864. The predicted octanol–water partition coefficient (Wildman–Crippen LogP) is 3.32. The summed E-state index contributed by atoms with van der Waals surface area (Å²) >= 11 is 0. The molecule has 0 saturated carbocycles. The van der Waals surface area contributed by atoms with Crippen LogP contribution in [0.1, 0.15) is 39.1 Å². The molecule has 1 heterocycles. The molecule has 2 aliphatic rings. The summed E-state index contributed by atoms with van der Waals surface area (Å²) in [6, 6.07) is 7.12. The molecule has 1 saturated heterocycles. The molecule has 2 aromatic carbocycles. The van der Waals surface area contributed by atoms with Crippen LogP contribution in [0.5, 0.6) is 28.7 Å². The normalized spacial score (nSPS) is 18.0. The molecule has 9 nitrogen and oxygen atoms in total. The molecule has 200 valence electrons. The van der Waals surface area contributed by atoms with E-state index in [-0.39, 0.29) is 17.6 Å². The minimum absolute atomic E-state index is 0.0839. The van der Waals surface area contributed by atoms with Gasteiger partial charge in [-0.05, 0) is 49.1 Å². The van der Waals surface area contributed by atoms with Crippen LogP contribution in [0.4, 0.5) is 0 Å². The molecular weight excluding hydrogens is 476 g/mol. The predicted molar refractivity (Wildman–Crippen MR) is 139 cm³/mol. The maximum atomic E-state index is 13.5. The summed E-state index contributed by atoms with van der Waals surface area (Å²) in [6.45, 7) is 3.26. The van der Waals surface area contributed by atoms with Gasteiger partial charge in [0.1, 0.15) is 0 Å². The summed E-state index contributed by atoms with van der Waals surface area (Å²) in [5.74, 6) is 2.57. The highest BCUT2D eigenvalue weighted by molar-refractivity contribution is 6.00. The highest BCUT2D eigenvalue weighted by Gasteiger charge is 2.31. The SMILES string of the molecule is COc1cc2c(cc1OC)C(=O)C(CN1CCN(C(=O)c3cc(OC)c(OC)c(OC)c3)CC1)CCC2. The Morgan fingerprint density at radius 2 is 1.41 bits per heavy atom. The molecule has 0 radical (unpaired) electrons. The number of fused-ring (bicyclic) bond motifs is 1. The van der Waals surface area contributed by atoms with E-state index in [2.05, 4.69) is 4.90 Å². The summed E-state index contributed by atoms with van der Waals surface area (Å²) in [5.41, 5.74) is 2.24. The second kappa shape index (κ2) is 11.7. The first-order valence-electron chi connectivity index (χ1n) is 12.5. The van der Waals surface area contributed by atoms with E-state index in [0.717, 1.165) is 30.4 Å². The van der Waals surface area contributed by atoms with E-state index < -0.39 is 0 Å². The second-order valence-electron chi connectivity index (χ2n) is 9.32. The van der Waals surface area contributed by atoms with Gasteiger partial charge in [-0.15, -0.1) is 0 Å². The molecule has 4 rings (SSSR count). The molecular formula is C28H36N2O7. The van der Waals surface area contributed by atoms with E-state index in [0.29, 0.717) is 67.0 Å². The van der Waals surface area contributed by atoms with Crippen molar-refractivity contribution in [3.05, 3.63) is 41.0 Å². The largest absolute Gasteiger partial charge is 0.493 e. The number of rotatable bonds is 8. The number of aryl methyl sites for hydroxylation is 1. The van der Waals surface area contributed by atoms with Gasteiger partial charge >= 0.3 is 0 Å². The molecule has 0 aromatic heterocycles. The molecule has 1 fully saturated rings. The van der Waals surface area contributed by atoms with Crippen LogP contribution in [0.25, 0.3) is 0 Å². The number of carbonyl (C=O) groups excluding carboxylic acids is 2. The molecule has 2 aromatic rings. The highest BCUT2D eigenvalue weighted by Crippen LogP contribution is 2.39. The zero-order valence-electron chi connectivity index (χ0n) is 22.3. The van der Waals surface area contributed by atoms with Crippen molar-refractivity contribution in [3.8, 4) is 28.7 Å². The zero-order chi connectivity index (χ0) is 26.5. The van der Waals surface area contributed by atoms with E-state index in [4.69, 9.17) is 23.7 Å². The number of ketones is 1. The Kier molecular flexibility index (Phi) is 8.43. The fourth-order valence-corrected chi connectivity index (χ4v) is 5.25. The smallest absolute Gasteiger partial charge is 0.254 e.